The van der Waals surface area contributed by atoms with E-state index in [1.165, 1.54) is 65.7 Å². The van der Waals surface area contributed by atoms with Crippen molar-refractivity contribution < 1.29 is 4.42 Å². The summed E-state index contributed by atoms with van der Waals surface area (Å²) in [5, 5.41) is 9.96. The van der Waals surface area contributed by atoms with E-state index in [0.717, 1.165) is 39.0 Å². The molecule has 0 unspecified atom stereocenters. The third kappa shape index (κ3) is 4.65. The van der Waals surface area contributed by atoms with Gasteiger partial charge in [0, 0.05) is 33.9 Å². The predicted molar refractivity (Wildman–Crippen MR) is 238 cm³/mol. The van der Waals surface area contributed by atoms with Gasteiger partial charge in [-0.3, -0.25) is 0 Å². The maximum absolute atomic E-state index is 6.49. The SMILES string of the molecule is c1ccc(C2(c3cccc(N(c4ccc(-c5cccc6ccccc56)cc4)c4ccc5c(c4)oc4ccccc45)c3)c3cccc4ccc5cccc2c5c34)cc1. The molecule has 2 heteroatoms. The number of hydrogen-bond donors (Lipinski definition) is 0. The lowest BCUT2D eigenvalue weighted by atomic mass is 9.67. The molecule has 0 saturated heterocycles. The van der Waals surface area contributed by atoms with Crippen LogP contribution in [0.5, 0.6) is 0 Å². The molecular formula is C55H35NO. The standard InChI is InChI=1S/C55H35NO/c1-2-16-40(17-3-1)55(49-23-9-14-38-26-27-39-15-10-24-50(55)54(39)53(38)49)41-18-11-19-43(34-41)56(44-32-33-48-47-21-6-7-25-51(47)57-52(48)35-44)42-30-28-37(29-31-42)46-22-8-13-36-12-4-5-20-45(36)46/h1-35H. The van der Waals surface area contributed by atoms with E-state index in [1.54, 1.807) is 0 Å². The van der Waals surface area contributed by atoms with Crippen molar-refractivity contribution in [2.45, 2.75) is 5.41 Å². The van der Waals surface area contributed by atoms with E-state index in [0.29, 0.717) is 0 Å². The Labute approximate surface area is 330 Å². The van der Waals surface area contributed by atoms with Crippen molar-refractivity contribution in [1.82, 2.24) is 0 Å². The summed E-state index contributed by atoms with van der Waals surface area (Å²) in [5.74, 6) is 0. The van der Waals surface area contributed by atoms with Gasteiger partial charge >= 0.3 is 0 Å². The Hall–Kier alpha value is -7.42. The molecule has 57 heavy (non-hydrogen) atoms. The Morgan fingerprint density at radius 3 is 1.72 bits per heavy atom. The summed E-state index contributed by atoms with van der Waals surface area (Å²) >= 11 is 0. The second kappa shape index (κ2) is 12.3. The third-order valence-corrected chi connectivity index (χ3v) is 12.3. The summed E-state index contributed by atoms with van der Waals surface area (Å²) in [6.45, 7) is 0. The van der Waals surface area contributed by atoms with Crippen molar-refractivity contribution >= 4 is 71.3 Å². The van der Waals surface area contributed by atoms with Crippen LogP contribution in [-0.2, 0) is 5.41 Å². The van der Waals surface area contributed by atoms with Crippen LogP contribution in [0.1, 0.15) is 22.3 Å². The zero-order valence-electron chi connectivity index (χ0n) is 31.1. The van der Waals surface area contributed by atoms with Gasteiger partial charge in [-0.2, -0.15) is 0 Å². The second-order valence-electron chi connectivity index (χ2n) is 15.2. The van der Waals surface area contributed by atoms with Gasteiger partial charge in [0.2, 0.25) is 0 Å². The minimum atomic E-state index is -0.521. The smallest absolute Gasteiger partial charge is 0.137 e. The van der Waals surface area contributed by atoms with Crippen molar-refractivity contribution in [1.29, 1.82) is 0 Å². The summed E-state index contributed by atoms with van der Waals surface area (Å²) in [5.41, 5.74) is 12.0. The zero-order valence-corrected chi connectivity index (χ0v) is 31.1. The zero-order chi connectivity index (χ0) is 37.5. The molecule has 12 rings (SSSR count). The van der Waals surface area contributed by atoms with Gasteiger partial charge in [-0.05, 0) is 108 Å². The quantitative estimate of drug-likeness (QED) is 0.159. The highest BCUT2D eigenvalue weighted by Crippen LogP contribution is 2.56. The molecule has 1 aliphatic rings. The topological polar surface area (TPSA) is 16.4 Å². The normalized spacial score (nSPS) is 13.1. The largest absolute Gasteiger partial charge is 0.456 e. The number of rotatable bonds is 6. The van der Waals surface area contributed by atoms with Gasteiger partial charge in [-0.25, -0.2) is 0 Å². The van der Waals surface area contributed by atoms with Crippen LogP contribution in [0, 0.1) is 0 Å². The summed E-state index contributed by atoms with van der Waals surface area (Å²) in [6, 6.07) is 77.6. The average Bonchev–Trinajstić information content (AvgIpc) is 3.81. The molecule has 0 N–H and O–H groups in total. The molecule has 1 aromatic heterocycles. The Morgan fingerprint density at radius 2 is 0.930 bits per heavy atom. The lowest BCUT2D eigenvalue weighted by Gasteiger charge is -2.35. The summed E-state index contributed by atoms with van der Waals surface area (Å²) in [4.78, 5) is 2.38. The Balaban J connectivity index is 1.09. The third-order valence-electron chi connectivity index (χ3n) is 12.3. The maximum Gasteiger partial charge on any atom is 0.137 e. The van der Waals surface area contributed by atoms with Crippen LogP contribution in [0.2, 0.25) is 0 Å². The van der Waals surface area contributed by atoms with Gasteiger partial charge in [-0.15, -0.1) is 0 Å². The van der Waals surface area contributed by atoms with Crippen LogP contribution < -0.4 is 4.90 Å². The molecule has 11 aromatic rings. The van der Waals surface area contributed by atoms with Gasteiger partial charge in [0.05, 0.1) is 5.41 Å². The van der Waals surface area contributed by atoms with Crippen LogP contribution >= 0.6 is 0 Å². The van der Waals surface area contributed by atoms with Crippen LogP contribution in [0.3, 0.4) is 0 Å². The van der Waals surface area contributed by atoms with Crippen LogP contribution in [0.25, 0.3) is 65.4 Å². The van der Waals surface area contributed by atoms with Gasteiger partial charge in [0.15, 0.2) is 0 Å². The first-order chi connectivity index (χ1) is 28.3. The molecule has 0 aliphatic heterocycles. The first kappa shape index (κ1) is 31.9. The first-order valence-corrected chi connectivity index (χ1v) is 19.7. The summed E-state index contributed by atoms with van der Waals surface area (Å²) in [6.07, 6.45) is 0. The number of benzene rings is 10. The molecule has 0 saturated carbocycles. The van der Waals surface area contributed by atoms with E-state index in [1.807, 2.05) is 12.1 Å². The molecule has 10 aromatic carbocycles. The van der Waals surface area contributed by atoms with E-state index < -0.39 is 5.41 Å². The molecular weight excluding hydrogens is 691 g/mol. The molecule has 0 amide bonds. The van der Waals surface area contributed by atoms with E-state index >= 15 is 0 Å². The molecule has 0 bridgehead atoms. The molecule has 266 valence electrons. The molecule has 0 fully saturated rings. The van der Waals surface area contributed by atoms with Crippen molar-refractivity contribution in [3.05, 3.63) is 235 Å². The highest BCUT2D eigenvalue weighted by Gasteiger charge is 2.45. The van der Waals surface area contributed by atoms with Crippen molar-refractivity contribution in [3.8, 4) is 11.1 Å². The van der Waals surface area contributed by atoms with Crippen LogP contribution in [-0.4, -0.2) is 0 Å². The number of furan rings is 1. The number of anilines is 3. The minimum absolute atomic E-state index is 0.521. The second-order valence-corrected chi connectivity index (χ2v) is 15.2. The molecule has 0 radical (unpaired) electrons. The lowest BCUT2D eigenvalue weighted by molar-refractivity contribution is 0.669. The van der Waals surface area contributed by atoms with Crippen LogP contribution in [0.4, 0.5) is 17.1 Å². The first-order valence-electron chi connectivity index (χ1n) is 19.7. The van der Waals surface area contributed by atoms with E-state index in [-0.39, 0.29) is 0 Å². The maximum atomic E-state index is 6.49. The predicted octanol–water partition coefficient (Wildman–Crippen LogP) is 14.9. The van der Waals surface area contributed by atoms with Crippen molar-refractivity contribution in [3.63, 3.8) is 0 Å². The summed E-state index contributed by atoms with van der Waals surface area (Å²) < 4.78 is 6.49. The minimum Gasteiger partial charge on any atom is -0.456 e. The number of fused-ring (bicyclic) bond motifs is 4. The van der Waals surface area contributed by atoms with Gasteiger partial charge in [0.1, 0.15) is 11.2 Å². The van der Waals surface area contributed by atoms with Gasteiger partial charge in [0.25, 0.3) is 0 Å². The van der Waals surface area contributed by atoms with Crippen LogP contribution in [0.15, 0.2) is 217 Å². The fourth-order valence-corrected chi connectivity index (χ4v) is 9.85. The number of para-hydroxylation sites is 1. The van der Waals surface area contributed by atoms with E-state index in [4.69, 9.17) is 4.42 Å². The molecule has 1 aliphatic carbocycles. The van der Waals surface area contributed by atoms with E-state index in [2.05, 4.69) is 205 Å². The average molecular weight is 726 g/mol. The Morgan fingerprint density at radius 1 is 0.351 bits per heavy atom. The Bertz CT molecular complexity index is 3290. The molecule has 0 spiro atoms. The molecule has 1 heterocycles. The summed E-state index contributed by atoms with van der Waals surface area (Å²) in [7, 11) is 0. The van der Waals surface area contributed by atoms with Gasteiger partial charge < -0.3 is 9.32 Å². The fourth-order valence-electron chi connectivity index (χ4n) is 9.85. The monoisotopic (exact) mass is 725 g/mol. The highest BCUT2D eigenvalue weighted by atomic mass is 16.3. The van der Waals surface area contributed by atoms with Crippen molar-refractivity contribution in [2.75, 3.05) is 4.90 Å². The lowest BCUT2D eigenvalue weighted by Crippen LogP contribution is -2.29. The fraction of sp³-hybridized carbons (Fsp3) is 0.0182. The van der Waals surface area contributed by atoms with Gasteiger partial charge in [-0.1, -0.05) is 164 Å². The number of hydrogen-bond acceptors (Lipinski definition) is 2. The molecule has 2 nitrogen and oxygen atoms in total. The molecule has 0 atom stereocenters. The van der Waals surface area contributed by atoms with Crippen molar-refractivity contribution in [2.24, 2.45) is 0 Å². The Kier molecular flexibility index (Phi) is 6.88. The highest BCUT2D eigenvalue weighted by molar-refractivity contribution is 6.16. The number of nitrogens with zero attached hydrogens (tertiary/aromatic N) is 1. The van der Waals surface area contributed by atoms with E-state index in [9.17, 15) is 0 Å².